The lowest BCUT2D eigenvalue weighted by atomic mass is 9.91. The summed E-state index contributed by atoms with van der Waals surface area (Å²) in [7, 11) is 0. The Morgan fingerprint density at radius 2 is 2.06 bits per heavy atom. The number of rotatable bonds is 6. The van der Waals surface area contributed by atoms with Gasteiger partial charge >= 0.3 is 0 Å². The highest BCUT2D eigenvalue weighted by Gasteiger charge is 2.13. The van der Waals surface area contributed by atoms with E-state index >= 15 is 0 Å². The van der Waals surface area contributed by atoms with Crippen LogP contribution in [0.4, 0.5) is 0 Å². The first-order chi connectivity index (χ1) is 8.08. The topological polar surface area (TPSA) is 49.7 Å². The van der Waals surface area contributed by atoms with Gasteiger partial charge in [-0.3, -0.25) is 0 Å². The molecule has 0 aromatic heterocycles. The summed E-state index contributed by atoms with van der Waals surface area (Å²) in [6, 6.07) is 6.00. The van der Waals surface area contributed by atoms with Gasteiger partial charge in [-0.1, -0.05) is 13.0 Å². The van der Waals surface area contributed by atoms with E-state index in [1.54, 1.807) is 0 Å². The number of hydrogen-bond donors (Lipinski definition) is 2. The van der Waals surface area contributed by atoms with Crippen LogP contribution in [0.15, 0.2) is 18.2 Å². The second-order valence-corrected chi connectivity index (χ2v) is 4.42. The van der Waals surface area contributed by atoms with Crippen molar-refractivity contribution in [2.24, 2.45) is 0 Å². The maximum atomic E-state index is 9.44. The van der Waals surface area contributed by atoms with E-state index in [-0.39, 0.29) is 12.5 Å². The van der Waals surface area contributed by atoms with Crippen LogP contribution in [-0.4, -0.2) is 29.5 Å². The van der Waals surface area contributed by atoms with Crippen LogP contribution in [0.25, 0.3) is 0 Å². The van der Waals surface area contributed by atoms with Crippen LogP contribution in [0.3, 0.4) is 0 Å². The van der Waals surface area contributed by atoms with Gasteiger partial charge in [0.25, 0.3) is 0 Å². The highest BCUT2D eigenvalue weighted by Crippen LogP contribution is 2.27. The van der Waals surface area contributed by atoms with Crippen molar-refractivity contribution in [2.45, 2.75) is 39.2 Å². The van der Waals surface area contributed by atoms with Gasteiger partial charge in [-0.15, -0.1) is 0 Å². The Morgan fingerprint density at radius 1 is 1.35 bits per heavy atom. The van der Waals surface area contributed by atoms with Crippen molar-refractivity contribution in [1.82, 2.24) is 0 Å². The normalized spacial score (nSPS) is 14.4. The smallest absolute Gasteiger partial charge is 0.119 e. The van der Waals surface area contributed by atoms with Crippen LogP contribution in [0, 0.1) is 6.92 Å². The van der Waals surface area contributed by atoms with E-state index in [0.717, 1.165) is 11.3 Å². The Bertz CT molecular complexity index is 349. The number of hydrogen-bond acceptors (Lipinski definition) is 3. The highest BCUT2D eigenvalue weighted by molar-refractivity contribution is 5.36. The number of benzene rings is 1. The molecule has 0 aliphatic rings. The van der Waals surface area contributed by atoms with E-state index in [9.17, 15) is 5.11 Å². The molecule has 0 spiro atoms. The van der Waals surface area contributed by atoms with E-state index < -0.39 is 6.10 Å². The lowest BCUT2D eigenvalue weighted by molar-refractivity contribution is 0.0835. The van der Waals surface area contributed by atoms with Crippen LogP contribution < -0.4 is 4.74 Å². The van der Waals surface area contributed by atoms with E-state index in [1.165, 1.54) is 5.56 Å². The molecule has 0 saturated carbocycles. The molecule has 0 aliphatic heterocycles. The SMILES string of the molecule is CCOc1ccc(C(C)CC(O)CO)c(C)c1. The summed E-state index contributed by atoms with van der Waals surface area (Å²) in [5, 5.41) is 18.3. The lowest BCUT2D eigenvalue weighted by Crippen LogP contribution is -2.15. The third kappa shape index (κ3) is 4.02. The van der Waals surface area contributed by atoms with Crippen molar-refractivity contribution < 1.29 is 14.9 Å². The summed E-state index contributed by atoms with van der Waals surface area (Å²) in [6.45, 7) is 6.54. The average Bonchev–Trinajstić information content (AvgIpc) is 2.29. The minimum atomic E-state index is -0.643. The number of ether oxygens (including phenoxy) is 1. The van der Waals surface area contributed by atoms with Gasteiger partial charge in [0.2, 0.25) is 0 Å². The monoisotopic (exact) mass is 238 g/mol. The zero-order valence-corrected chi connectivity index (χ0v) is 10.8. The van der Waals surface area contributed by atoms with Gasteiger partial charge in [-0.2, -0.15) is 0 Å². The molecule has 0 bridgehead atoms. The number of aryl methyl sites for hydroxylation is 1. The summed E-state index contributed by atoms with van der Waals surface area (Å²) < 4.78 is 5.43. The molecule has 0 aliphatic carbocycles. The van der Waals surface area contributed by atoms with Crippen molar-refractivity contribution in [3.63, 3.8) is 0 Å². The van der Waals surface area contributed by atoms with Gasteiger partial charge in [0.15, 0.2) is 0 Å². The van der Waals surface area contributed by atoms with Gasteiger partial charge in [-0.25, -0.2) is 0 Å². The number of aliphatic hydroxyl groups excluding tert-OH is 2. The van der Waals surface area contributed by atoms with E-state index in [0.29, 0.717) is 13.0 Å². The molecule has 0 fully saturated rings. The Hall–Kier alpha value is -1.06. The molecule has 1 aromatic carbocycles. The van der Waals surface area contributed by atoms with Gasteiger partial charge in [0.1, 0.15) is 5.75 Å². The van der Waals surface area contributed by atoms with Gasteiger partial charge in [0, 0.05) is 0 Å². The van der Waals surface area contributed by atoms with Crippen LogP contribution in [-0.2, 0) is 0 Å². The molecule has 0 amide bonds. The molecule has 0 saturated heterocycles. The Balaban J connectivity index is 2.77. The van der Waals surface area contributed by atoms with E-state index in [2.05, 4.69) is 6.92 Å². The first kappa shape index (κ1) is 14.0. The Morgan fingerprint density at radius 3 is 2.59 bits per heavy atom. The van der Waals surface area contributed by atoms with Crippen LogP contribution in [0.1, 0.15) is 37.3 Å². The quantitative estimate of drug-likeness (QED) is 0.799. The summed E-state index contributed by atoms with van der Waals surface area (Å²) in [6.07, 6.45) is -0.0679. The minimum Gasteiger partial charge on any atom is -0.494 e. The molecule has 2 atom stereocenters. The van der Waals surface area contributed by atoms with Crippen LogP contribution in [0.2, 0.25) is 0 Å². The lowest BCUT2D eigenvalue weighted by Gasteiger charge is -2.18. The van der Waals surface area contributed by atoms with Crippen LogP contribution in [0.5, 0.6) is 5.75 Å². The highest BCUT2D eigenvalue weighted by atomic mass is 16.5. The predicted octanol–water partition coefficient (Wildman–Crippen LogP) is 2.24. The second kappa shape index (κ2) is 6.62. The molecule has 3 heteroatoms. The maximum absolute atomic E-state index is 9.44. The minimum absolute atomic E-state index is 0.180. The molecule has 2 N–H and O–H groups in total. The third-order valence-electron chi connectivity index (χ3n) is 2.92. The molecule has 1 aromatic rings. The van der Waals surface area contributed by atoms with E-state index in [1.807, 2.05) is 32.0 Å². The summed E-state index contributed by atoms with van der Waals surface area (Å²) in [4.78, 5) is 0. The fourth-order valence-electron chi connectivity index (χ4n) is 2.07. The second-order valence-electron chi connectivity index (χ2n) is 4.42. The standard InChI is InChI=1S/C14H22O3/c1-4-17-13-5-6-14(11(3)8-13)10(2)7-12(16)9-15/h5-6,8,10,12,15-16H,4,7,9H2,1-3H3. The van der Waals surface area contributed by atoms with E-state index in [4.69, 9.17) is 9.84 Å². The molecule has 0 heterocycles. The molecule has 96 valence electrons. The van der Waals surface area contributed by atoms with Crippen molar-refractivity contribution in [3.05, 3.63) is 29.3 Å². The largest absolute Gasteiger partial charge is 0.494 e. The zero-order chi connectivity index (χ0) is 12.8. The Labute approximate surface area is 103 Å². The molecule has 17 heavy (non-hydrogen) atoms. The van der Waals surface area contributed by atoms with Crippen molar-refractivity contribution >= 4 is 0 Å². The molecule has 0 radical (unpaired) electrons. The summed E-state index contributed by atoms with van der Waals surface area (Å²) >= 11 is 0. The van der Waals surface area contributed by atoms with Crippen molar-refractivity contribution in [3.8, 4) is 5.75 Å². The fraction of sp³-hybridized carbons (Fsp3) is 0.571. The van der Waals surface area contributed by atoms with Crippen LogP contribution >= 0.6 is 0 Å². The first-order valence-electron chi connectivity index (χ1n) is 6.10. The Kier molecular flexibility index (Phi) is 5.45. The molecular weight excluding hydrogens is 216 g/mol. The molecular formula is C14H22O3. The van der Waals surface area contributed by atoms with Gasteiger partial charge < -0.3 is 14.9 Å². The van der Waals surface area contributed by atoms with Gasteiger partial charge in [0.05, 0.1) is 19.3 Å². The first-order valence-corrected chi connectivity index (χ1v) is 6.10. The maximum Gasteiger partial charge on any atom is 0.119 e. The average molecular weight is 238 g/mol. The molecule has 2 unspecified atom stereocenters. The number of aliphatic hydroxyl groups is 2. The third-order valence-corrected chi connectivity index (χ3v) is 2.92. The summed E-state index contributed by atoms with van der Waals surface area (Å²) in [5.74, 6) is 1.11. The summed E-state index contributed by atoms with van der Waals surface area (Å²) in [5.41, 5.74) is 2.36. The molecule has 1 rings (SSSR count). The van der Waals surface area contributed by atoms with Crippen molar-refractivity contribution in [1.29, 1.82) is 0 Å². The predicted molar refractivity (Wildman–Crippen MR) is 68.5 cm³/mol. The van der Waals surface area contributed by atoms with Gasteiger partial charge in [-0.05, 0) is 49.4 Å². The zero-order valence-electron chi connectivity index (χ0n) is 10.8. The molecule has 3 nitrogen and oxygen atoms in total. The fourth-order valence-corrected chi connectivity index (χ4v) is 2.07. The van der Waals surface area contributed by atoms with Crippen molar-refractivity contribution in [2.75, 3.05) is 13.2 Å².